The Bertz CT molecular complexity index is 355. The highest BCUT2D eigenvalue weighted by Crippen LogP contribution is 2.21. The fourth-order valence-electron chi connectivity index (χ4n) is 1.16. The first kappa shape index (κ1) is 14.4. The summed E-state index contributed by atoms with van der Waals surface area (Å²) in [6, 6.07) is 0. The van der Waals surface area contributed by atoms with Gasteiger partial charge in [0.25, 0.3) is 0 Å². The van der Waals surface area contributed by atoms with Crippen LogP contribution < -0.4 is 5.73 Å². The third-order valence-corrected chi connectivity index (χ3v) is 2.87. The number of ether oxygens (including phenoxy) is 2. The molecule has 17 heavy (non-hydrogen) atoms. The molecule has 0 unspecified atom stereocenters. The molecule has 1 aromatic heterocycles. The molecule has 1 heterocycles. The number of nitrogens with two attached hydrogens (primary N) is 1. The highest BCUT2D eigenvalue weighted by molar-refractivity contribution is 7.11. The van der Waals surface area contributed by atoms with Crippen molar-refractivity contribution in [1.82, 2.24) is 4.98 Å². The van der Waals surface area contributed by atoms with E-state index in [0.717, 1.165) is 4.88 Å². The molecule has 0 atom stereocenters. The van der Waals surface area contributed by atoms with Crippen molar-refractivity contribution in [2.24, 2.45) is 5.73 Å². The molecule has 0 aliphatic rings. The normalized spacial score (nSPS) is 12.1. The monoisotopic (exact) mass is 270 g/mol. The number of halogens is 3. The highest BCUT2D eigenvalue weighted by Gasteiger charge is 2.27. The largest absolute Gasteiger partial charge is 0.411 e. The fourth-order valence-corrected chi connectivity index (χ4v) is 2.05. The summed E-state index contributed by atoms with van der Waals surface area (Å²) < 4.78 is 45.0. The molecule has 1 aromatic rings. The number of hydrogen-bond donors (Lipinski definition) is 1. The number of aromatic nitrogens is 1. The SMILES string of the molecule is COCc1nc(COCC(F)(F)F)sc1CN. The summed E-state index contributed by atoms with van der Waals surface area (Å²) >= 11 is 1.24. The second-order valence-corrected chi connectivity index (χ2v) is 4.39. The van der Waals surface area contributed by atoms with Crippen molar-refractivity contribution in [3.63, 3.8) is 0 Å². The maximum Gasteiger partial charge on any atom is 0.411 e. The number of hydrogen-bond acceptors (Lipinski definition) is 5. The van der Waals surface area contributed by atoms with Gasteiger partial charge in [-0.2, -0.15) is 13.2 Å². The van der Waals surface area contributed by atoms with Crippen LogP contribution in [0.25, 0.3) is 0 Å². The third-order valence-electron chi connectivity index (χ3n) is 1.78. The molecule has 0 aliphatic heterocycles. The number of nitrogens with zero attached hydrogens (tertiary/aromatic N) is 1. The molecule has 8 heteroatoms. The first-order valence-corrected chi connectivity index (χ1v) is 5.59. The van der Waals surface area contributed by atoms with Crippen molar-refractivity contribution in [2.45, 2.75) is 25.9 Å². The van der Waals surface area contributed by atoms with Crippen LogP contribution in [0.2, 0.25) is 0 Å². The molecule has 0 radical (unpaired) electrons. The van der Waals surface area contributed by atoms with Crippen LogP contribution in [0.1, 0.15) is 15.6 Å². The van der Waals surface area contributed by atoms with Crippen LogP contribution in [0, 0.1) is 0 Å². The van der Waals surface area contributed by atoms with Gasteiger partial charge in [0.05, 0.1) is 18.9 Å². The molecule has 1 rings (SSSR count). The molecular formula is C9H13F3N2O2S. The molecule has 0 saturated carbocycles. The van der Waals surface area contributed by atoms with Gasteiger partial charge in [0.1, 0.15) is 11.6 Å². The van der Waals surface area contributed by atoms with Gasteiger partial charge in [-0.3, -0.25) is 0 Å². The van der Waals surface area contributed by atoms with Crippen LogP contribution in [-0.4, -0.2) is 24.9 Å². The minimum absolute atomic E-state index is 0.166. The average molecular weight is 270 g/mol. The topological polar surface area (TPSA) is 57.4 Å². The van der Waals surface area contributed by atoms with E-state index in [-0.39, 0.29) is 13.2 Å². The summed E-state index contributed by atoms with van der Waals surface area (Å²) in [6.07, 6.45) is -4.32. The fraction of sp³-hybridized carbons (Fsp3) is 0.667. The molecule has 0 spiro atoms. The molecule has 0 aliphatic carbocycles. The summed E-state index contributed by atoms with van der Waals surface area (Å²) in [5, 5.41) is 0.474. The predicted molar refractivity (Wildman–Crippen MR) is 56.4 cm³/mol. The molecule has 2 N–H and O–H groups in total. The highest BCUT2D eigenvalue weighted by atomic mass is 32.1. The molecular weight excluding hydrogens is 257 g/mol. The van der Waals surface area contributed by atoms with Crippen molar-refractivity contribution in [1.29, 1.82) is 0 Å². The van der Waals surface area contributed by atoms with Gasteiger partial charge in [-0.15, -0.1) is 11.3 Å². The smallest absolute Gasteiger partial charge is 0.378 e. The van der Waals surface area contributed by atoms with Crippen LogP contribution in [0.4, 0.5) is 13.2 Å². The van der Waals surface area contributed by atoms with Gasteiger partial charge in [-0.1, -0.05) is 0 Å². The number of thiazole rings is 1. The minimum Gasteiger partial charge on any atom is -0.378 e. The van der Waals surface area contributed by atoms with Crippen LogP contribution in [0.5, 0.6) is 0 Å². The van der Waals surface area contributed by atoms with Crippen molar-refractivity contribution < 1.29 is 22.6 Å². The quantitative estimate of drug-likeness (QED) is 0.856. The van der Waals surface area contributed by atoms with Crippen molar-refractivity contribution in [2.75, 3.05) is 13.7 Å². The first-order valence-electron chi connectivity index (χ1n) is 4.77. The van der Waals surface area contributed by atoms with E-state index < -0.39 is 12.8 Å². The van der Waals surface area contributed by atoms with E-state index in [0.29, 0.717) is 17.3 Å². The lowest BCUT2D eigenvalue weighted by Crippen LogP contribution is -2.16. The summed E-state index contributed by atoms with van der Waals surface area (Å²) in [6.45, 7) is -0.858. The molecule has 0 fully saturated rings. The third kappa shape index (κ3) is 4.99. The maximum atomic E-state index is 11.8. The van der Waals surface area contributed by atoms with Gasteiger partial charge in [-0.05, 0) is 0 Å². The van der Waals surface area contributed by atoms with Crippen LogP contribution in [-0.2, 0) is 29.2 Å². The minimum atomic E-state index is -4.32. The second kappa shape index (κ2) is 6.29. The van der Waals surface area contributed by atoms with Crippen LogP contribution >= 0.6 is 11.3 Å². The Morgan fingerprint density at radius 1 is 1.35 bits per heavy atom. The first-order chi connectivity index (χ1) is 7.96. The van der Waals surface area contributed by atoms with Gasteiger partial charge >= 0.3 is 6.18 Å². The molecule has 98 valence electrons. The van der Waals surface area contributed by atoms with Crippen LogP contribution in [0.15, 0.2) is 0 Å². The Kier molecular flexibility index (Phi) is 5.31. The molecule has 0 amide bonds. The van der Waals surface area contributed by atoms with Gasteiger partial charge in [-0.25, -0.2) is 4.98 Å². The van der Waals surface area contributed by atoms with Gasteiger partial charge in [0, 0.05) is 18.5 Å². The summed E-state index contributed by atoms with van der Waals surface area (Å²) in [7, 11) is 1.51. The second-order valence-electron chi connectivity index (χ2n) is 3.22. The molecule has 4 nitrogen and oxygen atoms in total. The lowest BCUT2D eigenvalue weighted by atomic mass is 10.4. The molecule has 0 bridgehead atoms. The van der Waals surface area contributed by atoms with Gasteiger partial charge < -0.3 is 15.2 Å². The average Bonchev–Trinajstić information content (AvgIpc) is 2.59. The zero-order valence-electron chi connectivity index (χ0n) is 9.21. The zero-order chi connectivity index (χ0) is 12.9. The van der Waals surface area contributed by atoms with Crippen LogP contribution in [0.3, 0.4) is 0 Å². The number of rotatable bonds is 6. The summed E-state index contributed by atoms with van der Waals surface area (Å²) in [5.41, 5.74) is 6.14. The Labute approximate surface area is 101 Å². The van der Waals surface area contributed by atoms with E-state index >= 15 is 0 Å². The predicted octanol–water partition coefficient (Wildman–Crippen LogP) is 1.83. The van der Waals surface area contributed by atoms with E-state index in [1.165, 1.54) is 18.4 Å². The summed E-state index contributed by atoms with van der Waals surface area (Å²) in [4.78, 5) is 4.91. The lowest BCUT2D eigenvalue weighted by molar-refractivity contribution is -0.176. The Morgan fingerprint density at radius 2 is 2.06 bits per heavy atom. The van der Waals surface area contributed by atoms with E-state index in [1.54, 1.807) is 0 Å². The van der Waals surface area contributed by atoms with Crippen molar-refractivity contribution in [3.8, 4) is 0 Å². The zero-order valence-corrected chi connectivity index (χ0v) is 10.0. The standard InChI is InChI=1S/C9H13F3N2O2S/c1-15-3-6-7(2-13)17-8(14-6)4-16-5-9(10,11)12/h2-5,13H2,1H3. The Morgan fingerprint density at radius 3 is 2.59 bits per heavy atom. The number of methoxy groups -OCH3 is 1. The van der Waals surface area contributed by atoms with Gasteiger partial charge in [0.15, 0.2) is 0 Å². The number of alkyl halides is 3. The van der Waals surface area contributed by atoms with Gasteiger partial charge in [0.2, 0.25) is 0 Å². The van der Waals surface area contributed by atoms with E-state index in [1.807, 2.05) is 0 Å². The van der Waals surface area contributed by atoms with E-state index in [4.69, 9.17) is 10.5 Å². The Balaban J connectivity index is 2.54. The van der Waals surface area contributed by atoms with E-state index in [2.05, 4.69) is 9.72 Å². The van der Waals surface area contributed by atoms with Crippen molar-refractivity contribution >= 4 is 11.3 Å². The van der Waals surface area contributed by atoms with Crippen molar-refractivity contribution in [3.05, 3.63) is 15.6 Å². The lowest BCUT2D eigenvalue weighted by Gasteiger charge is -2.05. The Hall–Kier alpha value is -0.700. The molecule has 0 aromatic carbocycles. The summed E-state index contributed by atoms with van der Waals surface area (Å²) in [5.74, 6) is 0. The van der Waals surface area contributed by atoms with E-state index in [9.17, 15) is 13.2 Å². The maximum absolute atomic E-state index is 11.8. The molecule has 0 saturated heterocycles.